The number of aliphatic carboxylic acids is 1. The molecule has 0 radical (unpaired) electrons. The van der Waals surface area contributed by atoms with Crippen molar-refractivity contribution >= 4 is 17.3 Å². The number of aryl methyl sites for hydroxylation is 2. The minimum Gasteiger partial charge on any atom is -0.481 e. The molecule has 1 heterocycles. The molecule has 72 valence electrons. The molecule has 1 rings (SSSR count). The van der Waals surface area contributed by atoms with Gasteiger partial charge in [-0.05, 0) is 39.3 Å². The summed E-state index contributed by atoms with van der Waals surface area (Å²) in [5, 5.41) is 9.03. The van der Waals surface area contributed by atoms with Crippen LogP contribution in [0, 0.1) is 13.8 Å². The quantitative estimate of drug-likeness (QED) is 0.793. The highest BCUT2D eigenvalue weighted by Gasteiger charge is 2.31. The summed E-state index contributed by atoms with van der Waals surface area (Å²) in [6.07, 6.45) is 0. The van der Waals surface area contributed by atoms with E-state index >= 15 is 0 Å². The van der Waals surface area contributed by atoms with Crippen molar-refractivity contribution in [2.45, 2.75) is 33.1 Å². The van der Waals surface area contributed by atoms with Crippen molar-refractivity contribution in [2.75, 3.05) is 0 Å². The van der Waals surface area contributed by atoms with Crippen LogP contribution in [-0.2, 0) is 10.2 Å². The highest BCUT2D eigenvalue weighted by molar-refractivity contribution is 7.12. The van der Waals surface area contributed by atoms with Gasteiger partial charge in [0.05, 0.1) is 5.41 Å². The standard InChI is InChI=1S/C10H14O2S/c1-6-5-8(7(2)13-6)10(3,4)9(11)12/h5H,1-4H3,(H,11,12). The van der Waals surface area contributed by atoms with Gasteiger partial charge < -0.3 is 5.11 Å². The first-order valence-corrected chi connectivity index (χ1v) is 4.98. The summed E-state index contributed by atoms with van der Waals surface area (Å²) >= 11 is 1.65. The van der Waals surface area contributed by atoms with E-state index in [0.717, 1.165) is 10.4 Å². The molecule has 0 aliphatic carbocycles. The predicted octanol–water partition coefficient (Wildman–Crippen LogP) is 2.73. The Morgan fingerprint density at radius 2 is 2.00 bits per heavy atom. The Bertz CT molecular complexity index is 337. The van der Waals surface area contributed by atoms with E-state index in [0.29, 0.717) is 0 Å². The van der Waals surface area contributed by atoms with Crippen LogP contribution >= 0.6 is 11.3 Å². The van der Waals surface area contributed by atoms with E-state index < -0.39 is 11.4 Å². The molecule has 0 atom stereocenters. The number of carboxylic acid groups (broad SMARTS) is 1. The summed E-state index contributed by atoms with van der Waals surface area (Å²) < 4.78 is 0. The first kappa shape index (κ1) is 10.3. The van der Waals surface area contributed by atoms with Gasteiger partial charge in [0, 0.05) is 9.75 Å². The van der Waals surface area contributed by atoms with Crippen molar-refractivity contribution < 1.29 is 9.90 Å². The fourth-order valence-corrected chi connectivity index (χ4v) is 2.45. The average Bonchev–Trinajstić information content (AvgIpc) is 2.30. The van der Waals surface area contributed by atoms with Gasteiger partial charge in [0.2, 0.25) is 0 Å². The molecule has 0 saturated heterocycles. The third-order valence-electron chi connectivity index (χ3n) is 2.25. The maximum atomic E-state index is 11.0. The van der Waals surface area contributed by atoms with E-state index in [-0.39, 0.29) is 0 Å². The smallest absolute Gasteiger partial charge is 0.313 e. The third kappa shape index (κ3) is 1.75. The SMILES string of the molecule is Cc1cc(C(C)(C)C(=O)O)c(C)s1. The largest absolute Gasteiger partial charge is 0.481 e. The van der Waals surface area contributed by atoms with Gasteiger partial charge in [-0.25, -0.2) is 0 Å². The fraction of sp³-hybridized carbons (Fsp3) is 0.500. The van der Waals surface area contributed by atoms with E-state index in [2.05, 4.69) is 0 Å². The summed E-state index contributed by atoms with van der Waals surface area (Å²) in [5.41, 5.74) is 0.164. The van der Waals surface area contributed by atoms with E-state index in [1.807, 2.05) is 19.9 Å². The molecule has 1 aromatic heterocycles. The lowest BCUT2D eigenvalue weighted by Gasteiger charge is -2.18. The van der Waals surface area contributed by atoms with Crippen LogP contribution in [-0.4, -0.2) is 11.1 Å². The Kier molecular flexibility index (Phi) is 2.48. The number of hydrogen-bond acceptors (Lipinski definition) is 2. The van der Waals surface area contributed by atoms with Crippen LogP contribution in [0.25, 0.3) is 0 Å². The van der Waals surface area contributed by atoms with Gasteiger partial charge >= 0.3 is 5.97 Å². The van der Waals surface area contributed by atoms with Gasteiger partial charge in [0.15, 0.2) is 0 Å². The van der Waals surface area contributed by atoms with Crippen molar-refractivity contribution in [3.05, 3.63) is 21.4 Å². The number of carboxylic acids is 1. The molecule has 0 spiro atoms. The molecule has 0 aliphatic heterocycles. The molecule has 13 heavy (non-hydrogen) atoms. The lowest BCUT2D eigenvalue weighted by atomic mass is 9.85. The van der Waals surface area contributed by atoms with Crippen LogP contribution in [0.3, 0.4) is 0 Å². The van der Waals surface area contributed by atoms with Crippen LogP contribution < -0.4 is 0 Å². The summed E-state index contributed by atoms with van der Waals surface area (Å²) in [7, 11) is 0. The maximum absolute atomic E-state index is 11.0. The minimum atomic E-state index is -0.770. The van der Waals surface area contributed by atoms with Gasteiger partial charge in [-0.2, -0.15) is 0 Å². The second kappa shape index (κ2) is 3.14. The monoisotopic (exact) mass is 198 g/mol. The Morgan fingerprint density at radius 1 is 1.46 bits per heavy atom. The molecule has 0 bridgehead atoms. The third-order valence-corrected chi connectivity index (χ3v) is 3.21. The zero-order chi connectivity index (χ0) is 10.2. The lowest BCUT2D eigenvalue weighted by Crippen LogP contribution is -2.28. The van der Waals surface area contributed by atoms with Crippen molar-refractivity contribution in [1.82, 2.24) is 0 Å². The molecule has 1 aromatic rings. The normalized spacial score (nSPS) is 11.7. The minimum absolute atomic E-state index is 0.769. The highest BCUT2D eigenvalue weighted by atomic mass is 32.1. The van der Waals surface area contributed by atoms with Crippen molar-refractivity contribution in [2.24, 2.45) is 0 Å². The van der Waals surface area contributed by atoms with Crippen molar-refractivity contribution in [1.29, 1.82) is 0 Å². The summed E-state index contributed by atoms with van der Waals surface area (Å²) in [6.45, 7) is 7.45. The molecular formula is C10H14O2S. The van der Waals surface area contributed by atoms with Crippen LogP contribution in [0.1, 0.15) is 29.2 Å². The topological polar surface area (TPSA) is 37.3 Å². The van der Waals surface area contributed by atoms with Gasteiger partial charge in [-0.15, -0.1) is 11.3 Å². The second-order valence-electron chi connectivity index (χ2n) is 3.76. The highest BCUT2D eigenvalue weighted by Crippen LogP contribution is 2.32. The van der Waals surface area contributed by atoms with Crippen LogP contribution in [0.4, 0.5) is 0 Å². The maximum Gasteiger partial charge on any atom is 0.313 e. The Hall–Kier alpha value is -0.830. The predicted molar refractivity (Wildman–Crippen MR) is 54.5 cm³/mol. The molecule has 3 heteroatoms. The Labute approximate surface area is 82.2 Å². The van der Waals surface area contributed by atoms with E-state index in [4.69, 9.17) is 5.11 Å². The molecular weight excluding hydrogens is 184 g/mol. The zero-order valence-corrected chi connectivity index (χ0v) is 9.16. The van der Waals surface area contributed by atoms with E-state index in [1.54, 1.807) is 25.2 Å². The van der Waals surface area contributed by atoms with Gasteiger partial charge in [-0.3, -0.25) is 4.79 Å². The molecule has 0 unspecified atom stereocenters. The lowest BCUT2D eigenvalue weighted by molar-refractivity contribution is -0.142. The molecule has 0 saturated carbocycles. The molecule has 1 N–H and O–H groups in total. The number of rotatable bonds is 2. The molecule has 2 nitrogen and oxygen atoms in total. The second-order valence-corrected chi connectivity index (χ2v) is 5.22. The fourth-order valence-electron chi connectivity index (χ4n) is 1.37. The van der Waals surface area contributed by atoms with Gasteiger partial charge in [0.25, 0.3) is 0 Å². The van der Waals surface area contributed by atoms with Crippen LogP contribution in [0.2, 0.25) is 0 Å². The summed E-state index contributed by atoms with van der Waals surface area (Å²) in [6, 6.07) is 1.97. The number of carbonyl (C=O) groups is 1. The number of thiophene rings is 1. The number of hydrogen-bond donors (Lipinski definition) is 1. The summed E-state index contributed by atoms with van der Waals surface area (Å²) in [5.74, 6) is -0.770. The molecule has 0 amide bonds. The molecule has 0 fully saturated rings. The van der Waals surface area contributed by atoms with Gasteiger partial charge in [-0.1, -0.05) is 0 Å². The molecule has 0 aliphatic rings. The van der Waals surface area contributed by atoms with E-state index in [1.165, 1.54) is 4.88 Å². The average molecular weight is 198 g/mol. The Balaban J connectivity index is 3.21. The van der Waals surface area contributed by atoms with Crippen LogP contribution in [0.5, 0.6) is 0 Å². The van der Waals surface area contributed by atoms with Gasteiger partial charge in [0.1, 0.15) is 0 Å². The Morgan fingerprint density at radius 3 is 2.31 bits per heavy atom. The van der Waals surface area contributed by atoms with Crippen LogP contribution in [0.15, 0.2) is 6.07 Å². The van der Waals surface area contributed by atoms with Crippen molar-refractivity contribution in [3.63, 3.8) is 0 Å². The first-order chi connectivity index (χ1) is 5.85. The first-order valence-electron chi connectivity index (χ1n) is 4.16. The zero-order valence-electron chi connectivity index (χ0n) is 8.34. The molecule has 0 aromatic carbocycles. The van der Waals surface area contributed by atoms with E-state index in [9.17, 15) is 4.79 Å². The van der Waals surface area contributed by atoms with Crippen molar-refractivity contribution in [3.8, 4) is 0 Å². The summed E-state index contributed by atoms with van der Waals surface area (Å²) in [4.78, 5) is 13.3.